The summed E-state index contributed by atoms with van der Waals surface area (Å²) in [6.07, 6.45) is 6.46. The molecule has 2 fully saturated rings. The van der Waals surface area contributed by atoms with Gasteiger partial charge >= 0.3 is 0 Å². The molecule has 0 aliphatic carbocycles. The number of piperazine rings is 1. The molecule has 25 heavy (non-hydrogen) atoms. The molecule has 2 saturated heterocycles. The van der Waals surface area contributed by atoms with Gasteiger partial charge in [0.15, 0.2) is 0 Å². The number of imidazole rings is 1. The number of rotatable bonds is 5. The number of aryl methyl sites for hydroxylation is 1. The molecule has 0 saturated carbocycles. The Balaban J connectivity index is 1.40. The molecule has 8 nitrogen and oxygen atoms in total. The highest BCUT2D eigenvalue weighted by Crippen LogP contribution is 2.08. The summed E-state index contributed by atoms with van der Waals surface area (Å²) in [5, 5.41) is 5.74. The summed E-state index contributed by atoms with van der Waals surface area (Å²) >= 11 is 0. The summed E-state index contributed by atoms with van der Waals surface area (Å²) in [4.78, 5) is 33.0. The summed E-state index contributed by atoms with van der Waals surface area (Å²) in [7, 11) is 2.01. The van der Waals surface area contributed by atoms with Crippen molar-refractivity contribution < 1.29 is 9.59 Å². The van der Waals surface area contributed by atoms with E-state index in [4.69, 9.17) is 0 Å². The van der Waals surface area contributed by atoms with Crippen LogP contribution in [0.2, 0.25) is 0 Å². The van der Waals surface area contributed by atoms with Gasteiger partial charge in [0.2, 0.25) is 11.8 Å². The van der Waals surface area contributed by atoms with Gasteiger partial charge in [0.05, 0.1) is 13.1 Å². The zero-order chi connectivity index (χ0) is 17.6. The fourth-order valence-corrected chi connectivity index (χ4v) is 3.37. The van der Waals surface area contributed by atoms with Gasteiger partial charge in [-0.05, 0) is 19.3 Å². The van der Waals surface area contributed by atoms with Crippen LogP contribution in [0.5, 0.6) is 0 Å². The van der Waals surface area contributed by atoms with Crippen LogP contribution in [0.1, 0.15) is 25.1 Å². The van der Waals surface area contributed by atoms with E-state index in [1.807, 2.05) is 24.0 Å². The van der Waals surface area contributed by atoms with E-state index in [1.165, 1.54) is 0 Å². The Bertz CT molecular complexity index is 594. The van der Waals surface area contributed by atoms with Gasteiger partial charge in [-0.1, -0.05) is 0 Å². The molecule has 2 N–H and O–H groups in total. The third-order valence-electron chi connectivity index (χ3n) is 4.99. The summed E-state index contributed by atoms with van der Waals surface area (Å²) in [5.74, 6) is 0.955. The molecule has 2 aliphatic heterocycles. The average Bonchev–Trinajstić information content (AvgIpc) is 2.88. The molecule has 3 heterocycles. The SMILES string of the molecule is Cn1ccnc1CN1CCN(CC(=O)NC2CCCCNC2=O)CC1. The number of hydrogen-bond acceptors (Lipinski definition) is 5. The van der Waals surface area contributed by atoms with Gasteiger partial charge in [0.1, 0.15) is 11.9 Å². The second kappa shape index (κ2) is 8.44. The van der Waals surface area contributed by atoms with Crippen LogP contribution in [-0.2, 0) is 23.2 Å². The molecule has 3 rings (SSSR count). The van der Waals surface area contributed by atoms with Crippen LogP contribution in [0.3, 0.4) is 0 Å². The predicted molar refractivity (Wildman–Crippen MR) is 93.7 cm³/mol. The minimum Gasteiger partial charge on any atom is -0.354 e. The van der Waals surface area contributed by atoms with E-state index in [-0.39, 0.29) is 17.9 Å². The minimum atomic E-state index is -0.375. The molecule has 2 amide bonds. The van der Waals surface area contributed by atoms with Crippen LogP contribution in [0.4, 0.5) is 0 Å². The van der Waals surface area contributed by atoms with E-state index in [1.54, 1.807) is 0 Å². The highest BCUT2D eigenvalue weighted by molar-refractivity contribution is 5.88. The molecule has 0 aromatic carbocycles. The van der Waals surface area contributed by atoms with Crippen LogP contribution in [0.25, 0.3) is 0 Å². The van der Waals surface area contributed by atoms with E-state index < -0.39 is 0 Å². The minimum absolute atomic E-state index is 0.0502. The summed E-state index contributed by atoms with van der Waals surface area (Å²) in [6, 6.07) is -0.375. The van der Waals surface area contributed by atoms with Gasteiger partial charge in [0.25, 0.3) is 0 Å². The van der Waals surface area contributed by atoms with Gasteiger partial charge < -0.3 is 15.2 Å². The van der Waals surface area contributed by atoms with Crippen molar-refractivity contribution in [3.05, 3.63) is 18.2 Å². The first kappa shape index (κ1) is 17.9. The fourth-order valence-electron chi connectivity index (χ4n) is 3.37. The Morgan fingerprint density at radius 3 is 2.76 bits per heavy atom. The van der Waals surface area contributed by atoms with Crippen molar-refractivity contribution >= 4 is 11.8 Å². The lowest BCUT2D eigenvalue weighted by Crippen LogP contribution is -2.52. The first-order valence-corrected chi connectivity index (χ1v) is 9.10. The van der Waals surface area contributed by atoms with Gasteiger partial charge in [-0.15, -0.1) is 0 Å². The lowest BCUT2D eigenvalue weighted by molar-refractivity contribution is -0.129. The molecule has 1 aromatic rings. The maximum Gasteiger partial charge on any atom is 0.242 e. The molecular weight excluding hydrogens is 320 g/mol. The van der Waals surface area contributed by atoms with Crippen molar-refractivity contribution in [2.45, 2.75) is 31.8 Å². The number of amides is 2. The van der Waals surface area contributed by atoms with E-state index >= 15 is 0 Å². The van der Waals surface area contributed by atoms with Gasteiger partial charge in [0, 0.05) is 52.2 Å². The van der Waals surface area contributed by atoms with Gasteiger partial charge in [-0.3, -0.25) is 19.4 Å². The highest BCUT2D eigenvalue weighted by atomic mass is 16.2. The molecule has 0 bridgehead atoms. The van der Waals surface area contributed by atoms with E-state index in [2.05, 4.69) is 25.4 Å². The first-order valence-electron chi connectivity index (χ1n) is 9.10. The molecule has 1 unspecified atom stereocenters. The van der Waals surface area contributed by atoms with Crippen LogP contribution in [0, 0.1) is 0 Å². The molecule has 138 valence electrons. The van der Waals surface area contributed by atoms with Crippen molar-refractivity contribution in [2.75, 3.05) is 39.3 Å². The predicted octanol–water partition coefficient (Wildman–Crippen LogP) is -0.677. The number of nitrogens with zero attached hydrogens (tertiary/aromatic N) is 4. The Morgan fingerprint density at radius 1 is 1.28 bits per heavy atom. The molecular formula is C17H28N6O2. The molecule has 2 aliphatic rings. The second-order valence-electron chi connectivity index (χ2n) is 6.91. The Morgan fingerprint density at radius 2 is 2.04 bits per heavy atom. The Kier molecular flexibility index (Phi) is 6.04. The van der Waals surface area contributed by atoms with Crippen molar-refractivity contribution in [1.29, 1.82) is 0 Å². The van der Waals surface area contributed by atoms with E-state index in [0.717, 1.165) is 57.8 Å². The summed E-state index contributed by atoms with van der Waals surface area (Å²) in [6.45, 7) is 5.46. The number of nitrogens with one attached hydrogen (secondary N) is 2. The van der Waals surface area contributed by atoms with Crippen LogP contribution < -0.4 is 10.6 Å². The number of carbonyl (C=O) groups excluding carboxylic acids is 2. The molecule has 0 spiro atoms. The summed E-state index contributed by atoms with van der Waals surface area (Å²) in [5.41, 5.74) is 0. The summed E-state index contributed by atoms with van der Waals surface area (Å²) < 4.78 is 2.04. The normalized spacial score (nSPS) is 23.1. The number of aromatic nitrogens is 2. The second-order valence-corrected chi connectivity index (χ2v) is 6.91. The maximum absolute atomic E-state index is 12.3. The topological polar surface area (TPSA) is 82.5 Å². The smallest absolute Gasteiger partial charge is 0.242 e. The lowest BCUT2D eigenvalue weighted by atomic mass is 10.1. The first-order chi connectivity index (χ1) is 12.1. The molecule has 1 atom stereocenters. The molecule has 8 heteroatoms. The fraction of sp³-hybridized carbons (Fsp3) is 0.706. The van der Waals surface area contributed by atoms with Crippen molar-refractivity contribution in [2.24, 2.45) is 7.05 Å². The molecule has 0 radical (unpaired) electrons. The highest BCUT2D eigenvalue weighted by Gasteiger charge is 2.24. The number of hydrogen-bond donors (Lipinski definition) is 2. The quantitative estimate of drug-likeness (QED) is 0.737. The third kappa shape index (κ3) is 5.02. The monoisotopic (exact) mass is 348 g/mol. The van der Waals surface area contributed by atoms with Gasteiger partial charge in [-0.25, -0.2) is 4.98 Å². The number of carbonyl (C=O) groups is 2. The zero-order valence-electron chi connectivity index (χ0n) is 14.9. The Hall–Kier alpha value is -1.93. The van der Waals surface area contributed by atoms with Crippen molar-refractivity contribution in [3.8, 4) is 0 Å². The Labute approximate surface area is 148 Å². The molecule has 1 aromatic heterocycles. The maximum atomic E-state index is 12.3. The lowest BCUT2D eigenvalue weighted by Gasteiger charge is -2.34. The third-order valence-corrected chi connectivity index (χ3v) is 4.99. The average molecular weight is 348 g/mol. The van der Waals surface area contributed by atoms with Crippen molar-refractivity contribution in [1.82, 2.24) is 30.0 Å². The zero-order valence-corrected chi connectivity index (χ0v) is 14.9. The van der Waals surface area contributed by atoms with Gasteiger partial charge in [-0.2, -0.15) is 0 Å². The van der Waals surface area contributed by atoms with Crippen molar-refractivity contribution in [3.63, 3.8) is 0 Å². The largest absolute Gasteiger partial charge is 0.354 e. The van der Waals surface area contributed by atoms with E-state index in [9.17, 15) is 9.59 Å². The van der Waals surface area contributed by atoms with Crippen LogP contribution in [0.15, 0.2) is 12.4 Å². The van der Waals surface area contributed by atoms with Crippen LogP contribution >= 0.6 is 0 Å². The standard InChI is InChI=1S/C17H28N6O2/c1-21-7-6-18-15(21)12-22-8-10-23(11-9-22)13-16(24)20-14-4-2-3-5-19-17(14)25/h6-7,14H,2-5,8-13H2,1H3,(H,19,25)(H,20,24). The van der Waals surface area contributed by atoms with Crippen LogP contribution in [-0.4, -0.2) is 76.5 Å². The van der Waals surface area contributed by atoms with E-state index in [0.29, 0.717) is 13.1 Å².